The van der Waals surface area contributed by atoms with E-state index in [4.69, 9.17) is 23.9 Å². The molecule has 0 bridgehead atoms. The summed E-state index contributed by atoms with van der Waals surface area (Å²) >= 11 is 0. The van der Waals surface area contributed by atoms with Crippen molar-refractivity contribution in [3.63, 3.8) is 0 Å². The maximum absolute atomic E-state index is 5.85. The van der Waals surface area contributed by atoms with Crippen molar-refractivity contribution in [1.29, 1.82) is 0 Å². The van der Waals surface area contributed by atoms with E-state index in [9.17, 15) is 0 Å². The molecule has 0 amide bonds. The molecule has 6 heteroatoms. The Kier molecular flexibility index (Phi) is 4.62. The maximum Gasteiger partial charge on any atom is 0.163 e. The average Bonchev–Trinajstić information content (AvgIpc) is 3.23. The molecule has 0 aliphatic carbocycles. The summed E-state index contributed by atoms with van der Waals surface area (Å²) in [7, 11) is 3.29. The number of aromatic nitrogens is 1. The van der Waals surface area contributed by atoms with Crippen molar-refractivity contribution in [2.24, 2.45) is 4.99 Å². The van der Waals surface area contributed by atoms with Crippen molar-refractivity contribution in [2.75, 3.05) is 27.4 Å². The third kappa shape index (κ3) is 2.91. The Labute approximate surface area is 175 Å². The van der Waals surface area contributed by atoms with Crippen molar-refractivity contribution in [3.8, 4) is 28.7 Å². The van der Waals surface area contributed by atoms with E-state index in [1.807, 2.05) is 24.3 Å². The first-order chi connectivity index (χ1) is 14.7. The summed E-state index contributed by atoms with van der Waals surface area (Å²) in [6.45, 7) is 3.29. The van der Waals surface area contributed by atoms with Crippen LogP contribution in [0.5, 0.6) is 23.0 Å². The van der Waals surface area contributed by atoms with Crippen LogP contribution in [0, 0.1) is 0 Å². The molecule has 0 fully saturated rings. The van der Waals surface area contributed by atoms with Crippen LogP contribution in [0.1, 0.15) is 36.2 Å². The van der Waals surface area contributed by atoms with Gasteiger partial charge in [-0.3, -0.25) is 4.99 Å². The molecule has 0 saturated heterocycles. The molecule has 3 aromatic rings. The SMILES string of the molecule is CCC1N=C(c2ccc(OC)c(OC)c2)c2cccn2-c2cc3c(cc21)OCCO3. The zero-order chi connectivity index (χ0) is 20.7. The van der Waals surface area contributed by atoms with Gasteiger partial charge in [0.15, 0.2) is 23.0 Å². The Hall–Kier alpha value is -3.41. The number of methoxy groups -OCH3 is 2. The number of hydrogen-bond donors (Lipinski definition) is 0. The molecular weight excluding hydrogens is 380 g/mol. The highest BCUT2D eigenvalue weighted by Gasteiger charge is 2.27. The molecule has 1 aromatic heterocycles. The number of aliphatic imine (C=N–C) groups is 1. The molecule has 1 unspecified atom stereocenters. The van der Waals surface area contributed by atoms with Gasteiger partial charge in [0.1, 0.15) is 13.2 Å². The second kappa shape index (κ2) is 7.44. The van der Waals surface area contributed by atoms with E-state index in [2.05, 4.69) is 35.9 Å². The fourth-order valence-electron chi connectivity index (χ4n) is 4.16. The van der Waals surface area contributed by atoms with Crippen LogP contribution in [0.3, 0.4) is 0 Å². The number of ether oxygens (including phenoxy) is 4. The van der Waals surface area contributed by atoms with Crippen LogP contribution < -0.4 is 18.9 Å². The van der Waals surface area contributed by atoms with Crippen LogP contribution in [-0.2, 0) is 0 Å². The van der Waals surface area contributed by atoms with Crippen LogP contribution in [-0.4, -0.2) is 37.7 Å². The molecular formula is C24H24N2O4. The Morgan fingerprint density at radius 2 is 1.77 bits per heavy atom. The standard InChI is InChI=1S/C24H24N2O4/c1-4-17-16-13-22-23(30-11-10-29-22)14-19(16)26-9-5-6-18(26)24(25-17)15-7-8-20(27-2)21(12-15)28-3/h5-9,12-14,17H,4,10-11H2,1-3H3. The van der Waals surface area contributed by atoms with Gasteiger partial charge in [-0.05, 0) is 42.8 Å². The Morgan fingerprint density at radius 3 is 2.50 bits per heavy atom. The zero-order valence-corrected chi connectivity index (χ0v) is 17.3. The lowest BCUT2D eigenvalue weighted by atomic mass is 10.0. The highest BCUT2D eigenvalue weighted by Crippen LogP contribution is 2.42. The van der Waals surface area contributed by atoms with Gasteiger partial charge in [0, 0.05) is 23.4 Å². The van der Waals surface area contributed by atoms with Gasteiger partial charge >= 0.3 is 0 Å². The predicted molar refractivity (Wildman–Crippen MR) is 115 cm³/mol. The Balaban J connectivity index is 1.71. The first-order valence-corrected chi connectivity index (χ1v) is 10.1. The highest BCUT2D eigenvalue weighted by atomic mass is 16.6. The minimum Gasteiger partial charge on any atom is -0.493 e. The summed E-state index contributed by atoms with van der Waals surface area (Å²) in [5.74, 6) is 2.95. The van der Waals surface area contributed by atoms with Crippen molar-refractivity contribution in [1.82, 2.24) is 4.57 Å². The fourth-order valence-corrected chi connectivity index (χ4v) is 4.16. The Morgan fingerprint density at radius 1 is 1.00 bits per heavy atom. The van der Waals surface area contributed by atoms with E-state index < -0.39 is 0 Å². The van der Waals surface area contributed by atoms with Gasteiger partial charge in [-0.25, -0.2) is 0 Å². The van der Waals surface area contributed by atoms with E-state index >= 15 is 0 Å². The van der Waals surface area contributed by atoms with Gasteiger partial charge in [0.25, 0.3) is 0 Å². The maximum atomic E-state index is 5.85. The van der Waals surface area contributed by atoms with E-state index in [1.54, 1.807) is 14.2 Å². The molecule has 3 heterocycles. The molecule has 1 atom stereocenters. The van der Waals surface area contributed by atoms with Crippen LogP contribution in [0.2, 0.25) is 0 Å². The molecule has 6 nitrogen and oxygen atoms in total. The molecule has 0 N–H and O–H groups in total. The third-order valence-electron chi connectivity index (χ3n) is 5.63. The monoisotopic (exact) mass is 404 g/mol. The van der Waals surface area contributed by atoms with Crippen molar-refractivity contribution < 1.29 is 18.9 Å². The van der Waals surface area contributed by atoms with Crippen molar-refractivity contribution >= 4 is 5.71 Å². The topological polar surface area (TPSA) is 54.2 Å². The van der Waals surface area contributed by atoms with Gasteiger partial charge in [0.05, 0.1) is 37.4 Å². The Bertz CT molecular complexity index is 1130. The van der Waals surface area contributed by atoms with E-state index in [-0.39, 0.29) is 6.04 Å². The number of benzene rings is 2. The minimum absolute atomic E-state index is 0.00109. The molecule has 30 heavy (non-hydrogen) atoms. The van der Waals surface area contributed by atoms with Crippen LogP contribution in [0.15, 0.2) is 53.7 Å². The highest BCUT2D eigenvalue weighted by molar-refractivity contribution is 6.13. The first-order valence-electron chi connectivity index (χ1n) is 10.1. The first kappa shape index (κ1) is 18.6. The molecule has 0 saturated carbocycles. The number of hydrogen-bond acceptors (Lipinski definition) is 5. The van der Waals surface area contributed by atoms with Crippen LogP contribution in [0.25, 0.3) is 5.69 Å². The molecule has 5 rings (SSSR count). The number of rotatable bonds is 4. The third-order valence-corrected chi connectivity index (χ3v) is 5.63. The zero-order valence-electron chi connectivity index (χ0n) is 17.3. The lowest BCUT2D eigenvalue weighted by molar-refractivity contribution is 0.171. The summed E-state index contributed by atoms with van der Waals surface area (Å²) in [5.41, 5.74) is 5.14. The second-order valence-electron chi connectivity index (χ2n) is 7.29. The van der Waals surface area contributed by atoms with Gasteiger partial charge in [-0.15, -0.1) is 0 Å². The summed E-state index contributed by atoms with van der Waals surface area (Å²) in [6.07, 6.45) is 2.94. The van der Waals surface area contributed by atoms with E-state index in [0.717, 1.165) is 46.1 Å². The van der Waals surface area contributed by atoms with Crippen molar-refractivity contribution in [3.05, 3.63) is 65.5 Å². The molecule has 0 spiro atoms. The fraction of sp³-hybridized carbons (Fsp3) is 0.292. The van der Waals surface area contributed by atoms with Crippen LogP contribution >= 0.6 is 0 Å². The molecule has 154 valence electrons. The minimum atomic E-state index is -0.00109. The normalized spacial score (nSPS) is 16.8. The van der Waals surface area contributed by atoms with E-state index in [0.29, 0.717) is 24.7 Å². The quantitative estimate of drug-likeness (QED) is 0.639. The molecule has 2 aliphatic rings. The van der Waals surface area contributed by atoms with Crippen LogP contribution in [0.4, 0.5) is 0 Å². The van der Waals surface area contributed by atoms with Gasteiger partial charge < -0.3 is 23.5 Å². The summed E-state index contributed by atoms with van der Waals surface area (Å²) in [4.78, 5) is 5.20. The van der Waals surface area contributed by atoms with Gasteiger partial charge in [-0.2, -0.15) is 0 Å². The predicted octanol–water partition coefficient (Wildman–Crippen LogP) is 4.57. The molecule has 2 aromatic carbocycles. The summed E-state index contributed by atoms with van der Waals surface area (Å²) in [5, 5.41) is 0. The van der Waals surface area contributed by atoms with Gasteiger partial charge in [-0.1, -0.05) is 6.92 Å². The summed E-state index contributed by atoms with van der Waals surface area (Å²) in [6, 6.07) is 14.2. The molecule has 0 radical (unpaired) electrons. The second-order valence-corrected chi connectivity index (χ2v) is 7.29. The summed E-state index contributed by atoms with van der Waals surface area (Å²) < 4.78 is 24.8. The van der Waals surface area contributed by atoms with E-state index in [1.165, 1.54) is 0 Å². The molecule has 2 aliphatic heterocycles. The average molecular weight is 404 g/mol. The van der Waals surface area contributed by atoms with Crippen molar-refractivity contribution in [2.45, 2.75) is 19.4 Å². The number of fused-ring (bicyclic) bond motifs is 4. The largest absolute Gasteiger partial charge is 0.493 e. The van der Waals surface area contributed by atoms with Gasteiger partial charge in [0.2, 0.25) is 0 Å². The lowest BCUT2D eigenvalue weighted by Gasteiger charge is -2.22. The smallest absolute Gasteiger partial charge is 0.163 e. The number of nitrogens with zero attached hydrogens (tertiary/aromatic N) is 2. The lowest BCUT2D eigenvalue weighted by Crippen LogP contribution is -2.16.